The number of pyridine rings is 1. The molecule has 7 heteroatoms. The highest BCUT2D eigenvalue weighted by atomic mass is 16.3. The standard InChI is InChI=1S/C18H21N5O2/c1-4-23(12(2)13-6-5-7-14(24)10-13)18(25)21-16-8-9-19-17-15(16)11-20-22(17)3/h5-12,24H,4H2,1-3H3,(H,19,21,25). The number of aromatic nitrogens is 3. The summed E-state index contributed by atoms with van der Waals surface area (Å²) in [6.07, 6.45) is 3.33. The van der Waals surface area contributed by atoms with E-state index in [0.29, 0.717) is 17.9 Å². The molecule has 1 aromatic carbocycles. The highest BCUT2D eigenvalue weighted by Gasteiger charge is 2.21. The van der Waals surface area contributed by atoms with E-state index in [9.17, 15) is 9.90 Å². The summed E-state index contributed by atoms with van der Waals surface area (Å²) in [6.45, 7) is 4.39. The fraction of sp³-hybridized carbons (Fsp3) is 0.278. The van der Waals surface area contributed by atoms with Gasteiger partial charge in [0, 0.05) is 19.8 Å². The third-order valence-corrected chi connectivity index (χ3v) is 4.30. The summed E-state index contributed by atoms with van der Waals surface area (Å²) in [7, 11) is 1.81. The number of amides is 2. The number of hydrogen-bond donors (Lipinski definition) is 2. The minimum atomic E-state index is -0.213. The molecule has 2 N–H and O–H groups in total. The fourth-order valence-corrected chi connectivity index (χ4v) is 2.90. The normalized spacial score (nSPS) is 12.1. The molecule has 2 amide bonds. The van der Waals surface area contributed by atoms with Gasteiger partial charge in [0.15, 0.2) is 5.65 Å². The van der Waals surface area contributed by atoms with Crippen LogP contribution in [0, 0.1) is 0 Å². The van der Waals surface area contributed by atoms with Crippen LogP contribution in [-0.2, 0) is 7.05 Å². The Morgan fingerprint density at radius 3 is 2.92 bits per heavy atom. The van der Waals surface area contributed by atoms with Crippen molar-refractivity contribution in [1.29, 1.82) is 0 Å². The highest BCUT2D eigenvalue weighted by molar-refractivity contribution is 5.99. The summed E-state index contributed by atoms with van der Waals surface area (Å²) < 4.78 is 1.66. The molecule has 130 valence electrons. The van der Waals surface area contributed by atoms with Gasteiger partial charge in [-0.1, -0.05) is 12.1 Å². The van der Waals surface area contributed by atoms with Crippen molar-refractivity contribution in [3.05, 3.63) is 48.3 Å². The maximum absolute atomic E-state index is 12.8. The Kier molecular flexibility index (Phi) is 4.56. The number of phenolic OH excluding ortho intramolecular Hbond substituents is 1. The molecular formula is C18H21N5O2. The summed E-state index contributed by atoms with van der Waals surface area (Å²) in [5, 5.41) is 17.6. The first-order valence-electron chi connectivity index (χ1n) is 8.14. The van der Waals surface area contributed by atoms with Gasteiger partial charge in [-0.25, -0.2) is 9.78 Å². The van der Waals surface area contributed by atoms with Gasteiger partial charge in [-0.2, -0.15) is 5.10 Å². The summed E-state index contributed by atoms with van der Waals surface area (Å²) in [5.41, 5.74) is 2.25. The zero-order valence-electron chi connectivity index (χ0n) is 14.5. The van der Waals surface area contributed by atoms with Crippen LogP contribution in [0.25, 0.3) is 11.0 Å². The second kappa shape index (κ2) is 6.80. The lowest BCUT2D eigenvalue weighted by atomic mass is 10.1. The van der Waals surface area contributed by atoms with Crippen LogP contribution in [0.2, 0.25) is 0 Å². The zero-order valence-corrected chi connectivity index (χ0v) is 14.5. The fourth-order valence-electron chi connectivity index (χ4n) is 2.90. The number of anilines is 1. The second-order valence-corrected chi connectivity index (χ2v) is 5.85. The number of urea groups is 1. The summed E-state index contributed by atoms with van der Waals surface area (Å²) >= 11 is 0. The van der Waals surface area contributed by atoms with Gasteiger partial charge in [0.05, 0.1) is 23.3 Å². The number of aromatic hydroxyl groups is 1. The van der Waals surface area contributed by atoms with E-state index < -0.39 is 0 Å². The monoisotopic (exact) mass is 339 g/mol. The maximum Gasteiger partial charge on any atom is 0.322 e. The van der Waals surface area contributed by atoms with E-state index in [-0.39, 0.29) is 17.8 Å². The molecule has 3 rings (SSSR count). The Morgan fingerprint density at radius 1 is 1.40 bits per heavy atom. The van der Waals surface area contributed by atoms with Crippen LogP contribution < -0.4 is 5.32 Å². The molecule has 0 radical (unpaired) electrons. The number of phenols is 1. The maximum atomic E-state index is 12.8. The molecule has 25 heavy (non-hydrogen) atoms. The van der Waals surface area contributed by atoms with Gasteiger partial charge >= 0.3 is 6.03 Å². The predicted molar refractivity (Wildman–Crippen MR) is 96.4 cm³/mol. The third kappa shape index (κ3) is 3.26. The van der Waals surface area contributed by atoms with Crippen molar-refractivity contribution in [2.75, 3.05) is 11.9 Å². The summed E-state index contributed by atoms with van der Waals surface area (Å²) in [6, 6.07) is 8.32. The van der Waals surface area contributed by atoms with Gasteiger partial charge in [-0.15, -0.1) is 0 Å². The van der Waals surface area contributed by atoms with Crippen LogP contribution in [0.5, 0.6) is 5.75 Å². The first-order chi connectivity index (χ1) is 12.0. The molecule has 1 atom stereocenters. The molecule has 0 aliphatic rings. The zero-order chi connectivity index (χ0) is 18.0. The number of fused-ring (bicyclic) bond motifs is 1. The highest BCUT2D eigenvalue weighted by Crippen LogP contribution is 2.25. The molecule has 1 unspecified atom stereocenters. The van der Waals surface area contributed by atoms with Crippen molar-refractivity contribution in [3.63, 3.8) is 0 Å². The molecule has 0 fully saturated rings. The van der Waals surface area contributed by atoms with E-state index in [1.165, 1.54) is 0 Å². The van der Waals surface area contributed by atoms with E-state index in [4.69, 9.17) is 0 Å². The van der Waals surface area contributed by atoms with Gasteiger partial charge in [-0.05, 0) is 37.6 Å². The van der Waals surface area contributed by atoms with Gasteiger partial charge in [0.2, 0.25) is 0 Å². The molecular weight excluding hydrogens is 318 g/mol. The van der Waals surface area contributed by atoms with E-state index in [0.717, 1.165) is 10.9 Å². The molecule has 0 saturated heterocycles. The lowest BCUT2D eigenvalue weighted by Crippen LogP contribution is -2.36. The number of aryl methyl sites for hydroxylation is 1. The number of hydrogen-bond acceptors (Lipinski definition) is 4. The van der Waals surface area contributed by atoms with Crippen LogP contribution >= 0.6 is 0 Å². The average molecular weight is 339 g/mol. The molecule has 0 spiro atoms. The Hall–Kier alpha value is -3.09. The molecule has 2 heterocycles. The molecule has 0 aliphatic heterocycles. The number of benzene rings is 1. The number of nitrogens with one attached hydrogen (secondary N) is 1. The predicted octanol–water partition coefficient (Wildman–Crippen LogP) is 3.29. The quantitative estimate of drug-likeness (QED) is 0.764. The van der Waals surface area contributed by atoms with Gasteiger partial charge < -0.3 is 15.3 Å². The van der Waals surface area contributed by atoms with E-state index >= 15 is 0 Å². The Bertz CT molecular complexity index is 905. The van der Waals surface area contributed by atoms with Gasteiger partial charge in [0.1, 0.15) is 5.75 Å². The molecule has 3 aromatic rings. The molecule has 0 bridgehead atoms. The van der Waals surface area contributed by atoms with Gasteiger partial charge in [0.25, 0.3) is 0 Å². The number of rotatable bonds is 4. The number of carbonyl (C=O) groups excluding carboxylic acids is 1. The Morgan fingerprint density at radius 2 is 2.20 bits per heavy atom. The van der Waals surface area contributed by atoms with Crippen molar-refractivity contribution in [2.45, 2.75) is 19.9 Å². The molecule has 7 nitrogen and oxygen atoms in total. The average Bonchev–Trinajstić information content (AvgIpc) is 2.98. The van der Waals surface area contributed by atoms with Crippen LogP contribution in [0.15, 0.2) is 42.7 Å². The van der Waals surface area contributed by atoms with Crippen LogP contribution in [-0.4, -0.2) is 37.3 Å². The lowest BCUT2D eigenvalue weighted by molar-refractivity contribution is 0.197. The van der Waals surface area contributed by atoms with Crippen LogP contribution in [0.4, 0.5) is 10.5 Å². The van der Waals surface area contributed by atoms with Crippen molar-refractivity contribution in [3.8, 4) is 5.75 Å². The minimum absolute atomic E-state index is 0.177. The molecule has 2 aromatic heterocycles. The first kappa shape index (κ1) is 16.8. The SMILES string of the molecule is CCN(C(=O)Nc1ccnc2c1cnn2C)C(C)c1cccc(O)c1. The topological polar surface area (TPSA) is 83.3 Å². The van der Waals surface area contributed by atoms with E-state index in [2.05, 4.69) is 15.4 Å². The van der Waals surface area contributed by atoms with E-state index in [1.807, 2.05) is 27.0 Å². The van der Waals surface area contributed by atoms with Crippen molar-refractivity contribution in [1.82, 2.24) is 19.7 Å². The van der Waals surface area contributed by atoms with Crippen LogP contribution in [0.3, 0.4) is 0 Å². The Balaban J connectivity index is 1.85. The lowest BCUT2D eigenvalue weighted by Gasteiger charge is -2.28. The summed E-state index contributed by atoms with van der Waals surface area (Å²) in [5.74, 6) is 0.187. The molecule has 0 aliphatic carbocycles. The third-order valence-electron chi connectivity index (χ3n) is 4.30. The Labute approximate surface area is 145 Å². The largest absolute Gasteiger partial charge is 0.508 e. The van der Waals surface area contributed by atoms with Gasteiger partial charge in [-0.3, -0.25) is 4.68 Å². The van der Waals surface area contributed by atoms with E-state index in [1.54, 1.807) is 46.2 Å². The number of carbonyl (C=O) groups is 1. The second-order valence-electron chi connectivity index (χ2n) is 5.85. The molecule has 0 saturated carbocycles. The first-order valence-corrected chi connectivity index (χ1v) is 8.14. The minimum Gasteiger partial charge on any atom is -0.508 e. The van der Waals surface area contributed by atoms with Crippen molar-refractivity contribution >= 4 is 22.8 Å². The van der Waals surface area contributed by atoms with Crippen LogP contribution in [0.1, 0.15) is 25.5 Å². The smallest absolute Gasteiger partial charge is 0.322 e. The number of nitrogens with zero attached hydrogens (tertiary/aromatic N) is 4. The van der Waals surface area contributed by atoms with Crippen molar-refractivity contribution < 1.29 is 9.90 Å². The van der Waals surface area contributed by atoms with Crippen molar-refractivity contribution in [2.24, 2.45) is 7.05 Å². The summed E-state index contributed by atoms with van der Waals surface area (Å²) in [4.78, 5) is 18.8.